The highest BCUT2D eigenvalue weighted by molar-refractivity contribution is 6.12. The third-order valence-electron chi connectivity index (χ3n) is 4.31. The van der Waals surface area contributed by atoms with Crippen molar-refractivity contribution in [3.63, 3.8) is 0 Å². The summed E-state index contributed by atoms with van der Waals surface area (Å²) in [5.41, 5.74) is 2.69. The van der Waals surface area contributed by atoms with Gasteiger partial charge in [0, 0.05) is 0 Å². The molecule has 0 radical (unpaired) electrons. The molecular weight excluding hydrogens is 290 g/mol. The molecule has 0 aliphatic rings. The lowest BCUT2D eigenvalue weighted by atomic mass is 9.95. The van der Waals surface area contributed by atoms with Crippen LogP contribution in [-0.2, 0) is 0 Å². The first-order valence-corrected chi connectivity index (χ1v) is 7.94. The van der Waals surface area contributed by atoms with Gasteiger partial charge in [-0.1, -0.05) is 78.9 Å². The summed E-state index contributed by atoms with van der Waals surface area (Å²) in [5.74, 6) is 0. The van der Waals surface area contributed by atoms with Crippen LogP contribution in [0, 0.1) is 11.3 Å². The van der Waals surface area contributed by atoms with Crippen LogP contribution in [0.25, 0.3) is 33.2 Å². The molecule has 1 nitrogen and oxygen atoms in total. The van der Waals surface area contributed by atoms with Crippen LogP contribution < -0.4 is 0 Å². The van der Waals surface area contributed by atoms with Crippen LogP contribution in [0.5, 0.6) is 0 Å². The number of nitrogens with zero attached hydrogens (tertiary/aromatic N) is 1. The van der Waals surface area contributed by atoms with Crippen LogP contribution in [0.1, 0.15) is 11.1 Å². The van der Waals surface area contributed by atoms with Crippen molar-refractivity contribution in [3.05, 3.63) is 96.1 Å². The fourth-order valence-electron chi connectivity index (χ4n) is 3.16. The Hall–Kier alpha value is -3.37. The van der Waals surface area contributed by atoms with E-state index in [1.165, 1.54) is 21.5 Å². The van der Waals surface area contributed by atoms with Gasteiger partial charge in [-0.2, -0.15) is 5.26 Å². The molecule has 0 saturated carbocycles. The lowest BCUT2D eigenvalue weighted by Crippen LogP contribution is -1.85. The molecule has 112 valence electrons. The van der Waals surface area contributed by atoms with E-state index < -0.39 is 0 Å². The zero-order valence-corrected chi connectivity index (χ0v) is 13.1. The lowest BCUT2D eigenvalue weighted by Gasteiger charge is -2.08. The highest BCUT2D eigenvalue weighted by Gasteiger charge is 2.06. The van der Waals surface area contributed by atoms with E-state index in [4.69, 9.17) is 0 Å². The monoisotopic (exact) mass is 305 g/mol. The average molecular weight is 305 g/mol. The second kappa shape index (κ2) is 6.02. The molecule has 0 bridgehead atoms. The van der Waals surface area contributed by atoms with Crippen molar-refractivity contribution in [2.45, 2.75) is 0 Å². The minimum atomic E-state index is 0.677. The van der Waals surface area contributed by atoms with Crippen LogP contribution in [0.3, 0.4) is 0 Å². The van der Waals surface area contributed by atoms with Gasteiger partial charge in [0.05, 0.1) is 11.6 Å². The molecule has 0 aliphatic heterocycles. The summed E-state index contributed by atoms with van der Waals surface area (Å²) >= 11 is 0. The first kappa shape index (κ1) is 14.2. The Morgan fingerprint density at radius 1 is 0.708 bits per heavy atom. The van der Waals surface area contributed by atoms with Crippen LogP contribution in [-0.4, -0.2) is 0 Å². The number of rotatable bonds is 2. The third-order valence-corrected chi connectivity index (χ3v) is 4.31. The van der Waals surface area contributed by atoms with Gasteiger partial charge in [-0.25, -0.2) is 0 Å². The van der Waals surface area contributed by atoms with E-state index in [0.29, 0.717) is 5.57 Å². The smallest absolute Gasteiger partial charge is 0.0998 e. The quantitative estimate of drug-likeness (QED) is 0.251. The normalized spacial score (nSPS) is 11.5. The van der Waals surface area contributed by atoms with Crippen molar-refractivity contribution < 1.29 is 0 Å². The van der Waals surface area contributed by atoms with E-state index in [1.807, 2.05) is 48.5 Å². The van der Waals surface area contributed by atoms with E-state index in [9.17, 15) is 5.26 Å². The highest BCUT2D eigenvalue weighted by Crippen LogP contribution is 2.31. The van der Waals surface area contributed by atoms with E-state index >= 15 is 0 Å². The number of hydrogen-bond donors (Lipinski definition) is 0. The second-order valence-corrected chi connectivity index (χ2v) is 5.77. The molecule has 4 aromatic carbocycles. The molecular formula is C23H15N. The van der Waals surface area contributed by atoms with E-state index in [2.05, 4.69) is 48.5 Å². The first-order chi connectivity index (χ1) is 11.9. The molecule has 0 aromatic heterocycles. The molecule has 1 heteroatoms. The maximum Gasteiger partial charge on any atom is 0.0998 e. The molecule has 0 heterocycles. The van der Waals surface area contributed by atoms with Gasteiger partial charge in [0.25, 0.3) is 0 Å². The maximum atomic E-state index is 9.61. The van der Waals surface area contributed by atoms with Gasteiger partial charge < -0.3 is 0 Å². The summed E-state index contributed by atoms with van der Waals surface area (Å²) in [6.07, 6.45) is 1.99. The van der Waals surface area contributed by atoms with Crippen molar-refractivity contribution in [1.29, 1.82) is 5.26 Å². The predicted octanol–water partition coefficient (Wildman–Crippen LogP) is 6.06. The Morgan fingerprint density at radius 2 is 1.33 bits per heavy atom. The van der Waals surface area contributed by atoms with Gasteiger partial charge in [0.15, 0.2) is 0 Å². The van der Waals surface area contributed by atoms with Crippen LogP contribution in [0.4, 0.5) is 0 Å². The minimum Gasteiger partial charge on any atom is -0.192 e. The molecule has 0 amide bonds. The molecule has 0 atom stereocenters. The van der Waals surface area contributed by atoms with Gasteiger partial charge in [-0.05, 0) is 44.8 Å². The summed E-state index contributed by atoms with van der Waals surface area (Å²) in [4.78, 5) is 0. The Morgan fingerprint density at radius 3 is 2.08 bits per heavy atom. The first-order valence-electron chi connectivity index (χ1n) is 7.94. The lowest BCUT2D eigenvalue weighted by molar-refractivity contribution is 1.52. The molecule has 4 rings (SSSR count). The molecule has 0 unspecified atom stereocenters. The number of allylic oxidation sites excluding steroid dienone is 1. The number of hydrogen-bond acceptors (Lipinski definition) is 1. The standard InChI is InChI=1S/C23H15N/c24-16-20(17-8-2-1-3-9-17)15-19-14-18-10-4-5-11-21(18)23-13-7-6-12-22(19)23/h1-15H/b20-15-. The molecule has 24 heavy (non-hydrogen) atoms. The molecule has 0 fully saturated rings. The maximum absolute atomic E-state index is 9.61. The van der Waals surface area contributed by atoms with Crippen molar-refractivity contribution in [3.8, 4) is 6.07 Å². The molecule has 0 saturated heterocycles. The summed E-state index contributed by atoms with van der Waals surface area (Å²) < 4.78 is 0. The Bertz CT molecular complexity index is 1100. The Kier molecular flexibility index (Phi) is 3.57. The molecule has 0 N–H and O–H groups in total. The summed E-state index contributed by atoms with van der Waals surface area (Å²) in [5, 5.41) is 14.4. The minimum absolute atomic E-state index is 0.677. The second-order valence-electron chi connectivity index (χ2n) is 5.77. The van der Waals surface area contributed by atoms with Gasteiger partial charge in [-0.15, -0.1) is 0 Å². The molecule has 0 spiro atoms. The molecule has 0 aliphatic carbocycles. The number of fused-ring (bicyclic) bond motifs is 3. The van der Waals surface area contributed by atoms with Gasteiger partial charge in [0.1, 0.15) is 0 Å². The van der Waals surface area contributed by atoms with Crippen LogP contribution in [0.15, 0.2) is 84.9 Å². The van der Waals surface area contributed by atoms with Crippen molar-refractivity contribution in [1.82, 2.24) is 0 Å². The van der Waals surface area contributed by atoms with Gasteiger partial charge in [-0.3, -0.25) is 0 Å². The fraction of sp³-hybridized carbons (Fsp3) is 0. The Balaban J connectivity index is 2.02. The largest absolute Gasteiger partial charge is 0.192 e. The number of nitriles is 1. The van der Waals surface area contributed by atoms with Crippen molar-refractivity contribution in [2.24, 2.45) is 0 Å². The summed E-state index contributed by atoms with van der Waals surface area (Å²) in [6, 6.07) is 31.1. The Labute approximate surface area is 141 Å². The third kappa shape index (κ3) is 2.45. The fourth-order valence-corrected chi connectivity index (χ4v) is 3.16. The average Bonchev–Trinajstić information content (AvgIpc) is 2.66. The van der Waals surface area contributed by atoms with Gasteiger partial charge >= 0.3 is 0 Å². The van der Waals surface area contributed by atoms with Crippen LogP contribution >= 0.6 is 0 Å². The van der Waals surface area contributed by atoms with E-state index in [1.54, 1.807) is 0 Å². The number of benzene rings is 4. The topological polar surface area (TPSA) is 23.8 Å². The van der Waals surface area contributed by atoms with E-state index in [-0.39, 0.29) is 0 Å². The van der Waals surface area contributed by atoms with Gasteiger partial charge in [0.2, 0.25) is 0 Å². The van der Waals surface area contributed by atoms with E-state index in [0.717, 1.165) is 11.1 Å². The van der Waals surface area contributed by atoms with Crippen molar-refractivity contribution >= 4 is 33.2 Å². The zero-order chi connectivity index (χ0) is 16.4. The summed E-state index contributed by atoms with van der Waals surface area (Å²) in [7, 11) is 0. The SMILES string of the molecule is N#C/C(=C/c1cc2ccccc2c2ccccc12)c1ccccc1. The van der Waals surface area contributed by atoms with Crippen molar-refractivity contribution in [2.75, 3.05) is 0 Å². The van der Waals surface area contributed by atoms with Crippen LogP contribution in [0.2, 0.25) is 0 Å². The summed E-state index contributed by atoms with van der Waals surface area (Å²) in [6.45, 7) is 0. The molecule has 4 aromatic rings. The highest BCUT2D eigenvalue weighted by atomic mass is 14.2. The predicted molar refractivity (Wildman–Crippen MR) is 101 cm³/mol. The zero-order valence-electron chi connectivity index (χ0n) is 13.1.